The Morgan fingerprint density at radius 3 is 2.45 bits per heavy atom. The Hall–Kier alpha value is -3.16. The van der Waals surface area contributed by atoms with Crippen LogP contribution in [0.15, 0.2) is 72.8 Å². The minimum Gasteiger partial charge on any atom is -0.491 e. The van der Waals surface area contributed by atoms with Gasteiger partial charge in [0.25, 0.3) is 5.91 Å². The van der Waals surface area contributed by atoms with Gasteiger partial charge < -0.3 is 25.3 Å². The molecule has 2 heterocycles. The molecule has 0 spiro atoms. The number of carbonyl (C=O) groups is 2. The molecule has 0 saturated carbocycles. The highest BCUT2D eigenvalue weighted by molar-refractivity contribution is 14.1. The van der Waals surface area contributed by atoms with E-state index in [0.29, 0.717) is 33.4 Å². The van der Waals surface area contributed by atoms with Crippen molar-refractivity contribution in [1.29, 1.82) is 0 Å². The van der Waals surface area contributed by atoms with Crippen molar-refractivity contribution in [2.75, 3.05) is 13.2 Å². The molecule has 1 saturated heterocycles. The van der Waals surface area contributed by atoms with Gasteiger partial charge in [-0.25, -0.2) is 9.78 Å². The van der Waals surface area contributed by atoms with Gasteiger partial charge in [0.05, 0.1) is 17.3 Å². The number of hydrogen-bond acceptors (Lipinski definition) is 6. The Labute approximate surface area is 266 Å². The van der Waals surface area contributed by atoms with Crippen LogP contribution in [-0.4, -0.2) is 56.3 Å². The first-order valence-corrected chi connectivity index (χ1v) is 14.9. The van der Waals surface area contributed by atoms with Crippen LogP contribution >= 0.6 is 45.8 Å². The van der Waals surface area contributed by atoms with Crippen molar-refractivity contribution in [3.05, 3.63) is 103 Å². The number of aromatic nitrogens is 2. The van der Waals surface area contributed by atoms with Crippen molar-refractivity contribution in [2.45, 2.75) is 31.0 Å². The van der Waals surface area contributed by atoms with E-state index >= 15 is 0 Å². The van der Waals surface area contributed by atoms with Gasteiger partial charge in [-0.3, -0.25) is 9.69 Å². The molecule has 3 aromatic carbocycles. The van der Waals surface area contributed by atoms with Crippen LogP contribution in [0.1, 0.15) is 41.9 Å². The smallest absolute Gasteiger partial charge is 0.325 e. The summed E-state index contributed by atoms with van der Waals surface area (Å²) in [7, 11) is 0. The highest BCUT2D eigenvalue weighted by Gasteiger charge is 2.46. The van der Waals surface area contributed by atoms with Gasteiger partial charge in [0.15, 0.2) is 5.15 Å². The van der Waals surface area contributed by atoms with Crippen LogP contribution in [0.25, 0.3) is 11.3 Å². The first kappa shape index (κ1) is 30.3. The summed E-state index contributed by atoms with van der Waals surface area (Å²) in [5.41, 5.74) is 2.60. The normalized spacial score (nSPS) is 17.2. The summed E-state index contributed by atoms with van der Waals surface area (Å²) in [6.07, 6.45) is -1.00. The fraction of sp³-hybridized carbons (Fsp3) is 0.233. The summed E-state index contributed by atoms with van der Waals surface area (Å²) in [5, 5.41) is 22.0. The number of ether oxygens (including phenoxy) is 1. The number of hydrogen-bond donors (Lipinski definition) is 4. The first-order chi connectivity index (χ1) is 20.2. The number of aliphatic hydroxyl groups is 2. The van der Waals surface area contributed by atoms with Crippen LogP contribution in [0.4, 0.5) is 4.79 Å². The molecule has 42 heavy (non-hydrogen) atoms. The Bertz CT molecular complexity index is 1580. The second-order valence-corrected chi connectivity index (χ2v) is 11.9. The number of H-pyrrole nitrogens is 1. The van der Waals surface area contributed by atoms with Crippen LogP contribution in [-0.2, 0) is 4.79 Å². The number of nitrogens with zero attached hydrogens (tertiary/aromatic N) is 2. The molecule has 4 N–H and O–H groups in total. The summed E-state index contributed by atoms with van der Waals surface area (Å²) in [4.78, 5) is 36.4. The molecule has 1 aliphatic rings. The minimum atomic E-state index is -1.00. The maximum absolute atomic E-state index is 13.9. The zero-order valence-corrected chi connectivity index (χ0v) is 26.0. The third-order valence-electron chi connectivity index (χ3n) is 7.07. The van der Waals surface area contributed by atoms with Crippen molar-refractivity contribution in [3.8, 4) is 17.0 Å². The average molecular weight is 721 g/mol. The molecule has 0 aliphatic carbocycles. The highest BCUT2D eigenvalue weighted by Crippen LogP contribution is 2.41. The predicted molar refractivity (Wildman–Crippen MR) is 168 cm³/mol. The number of imide groups is 1. The topological polar surface area (TPSA) is 128 Å². The van der Waals surface area contributed by atoms with Crippen LogP contribution in [0.3, 0.4) is 0 Å². The van der Waals surface area contributed by atoms with E-state index in [-0.39, 0.29) is 17.7 Å². The van der Waals surface area contributed by atoms with Gasteiger partial charge in [0.2, 0.25) is 0 Å². The molecule has 0 radical (unpaired) electrons. The van der Waals surface area contributed by atoms with Gasteiger partial charge in [-0.1, -0.05) is 78.7 Å². The number of urea groups is 1. The largest absolute Gasteiger partial charge is 0.491 e. The van der Waals surface area contributed by atoms with Gasteiger partial charge in [0, 0.05) is 15.1 Å². The molecular formula is C30H27Cl2IN4O5. The van der Waals surface area contributed by atoms with Crippen molar-refractivity contribution in [1.82, 2.24) is 20.2 Å². The summed E-state index contributed by atoms with van der Waals surface area (Å²) in [6.45, 7) is 1.43. The molecule has 12 heteroatoms. The summed E-state index contributed by atoms with van der Waals surface area (Å²) < 4.78 is 6.42. The number of carbonyl (C=O) groups excluding carboxylic acids is 2. The molecule has 5 rings (SSSR count). The first-order valence-electron chi connectivity index (χ1n) is 13.1. The highest BCUT2D eigenvalue weighted by atomic mass is 127. The molecule has 0 unspecified atom stereocenters. The van der Waals surface area contributed by atoms with E-state index in [0.717, 1.165) is 9.13 Å². The van der Waals surface area contributed by atoms with Gasteiger partial charge in [-0.15, -0.1) is 0 Å². The minimum absolute atomic E-state index is 0.0805. The number of halogens is 3. The quantitative estimate of drug-likeness (QED) is 0.120. The summed E-state index contributed by atoms with van der Waals surface area (Å²) in [6, 6.07) is 19.4. The Kier molecular flexibility index (Phi) is 9.38. The van der Waals surface area contributed by atoms with E-state index in [4.69, 9.17) is 33.0 Å². The molecule has 1 fully saturated rings. The number of imidazole rings is 1. The summed E-state index contributed by atoms with van der Waals surface area (Å²) >= 11 is 15.3. The zero-order valence-electron chi connectivity index (χ0n) is 22.3. The molecule has 3 amide bonds. The molecule has 218 valence electrons. The average Bonchev–Trinajstić information content (AvgIpc) is 3.51. The van der Waals surface area contributed by atoms with Crippen molar-refractivity contribution >= 4 is 57.7 Å². The van der Waals surface area contributed by atoms with Crippen LogP contribution in [0.5, 0.6) is 5.75 Å². The van der Waals surface area contributed by atoms with E-state index in [2.05, 4.69) is 37.9 Å². The maximum Gasteiger partial charge on any atom is 0.325 e. The van der Waals surface area contributed by atoms with Crippen molar-refractivity contribution in [2.24, 2.45) is 0 Å². The Balaban J connectivity index is 1.49. The molecule has 4 aromatic rings. The summed E-state index contributed by atoms with van der Waals surface area (Å²) in [5.74, 6) is -0.00654. The van der Waals surface area contributed by atoms with E-state index in [9.17, 15) is 14.7 Å². The molecule has 9 nitrogen and oxygen atoms in total. The molecule has 4 atom stereocenters. The maximum atomic E-state index is 13.9. The number of aliphatic hydroxyl groups excluding tert-OH is 2. The molecule has 1 aromatic heterocycles. The Morgan fingerprint density at radius 2 is 1.79 bits per heavy atom. The lowest BCUT2D eigenvalue weighted by atomic mass is 9.91. The van der Waals surface area contributed by atoms with Crippen LogP contribution in [0, 0.1) is 3.57 Å². The Morgan fingerprint density at radius 1 is 1.07 bits per heavy atom. The number of rotatable bonds is 10. The lowest BCUT2D eigenvalue weighted by Gasteiger charge is -2.29. The lowest BCUT2D eigenvalue weighted by molar-refractivity contribution is -0.129. The molecule has 1 aliphatic heterocycles. The van der Waals surface area contributed by atoms with Crippen LogP contribution in [0.2, 0.25) is 10.2 Å². The third-order valence-corrected chi connectivity index (χ3v) is 8.33. The fourth-order valence-electron chi connectivity index (χ4n) is 4.89. The van der Waals surface area contributed by atoms with Gasteiger partial charge in [-0.2, -0.15) is 0 Å². The standard InChI is InChI=1S/C30H27Cl2IN4O5/c1-16(17-5-3-2-4-6-17)26(28-34-25(27(32)36-28)22-12-9-19(33)13-23(22)31)37-29(40)24(35-30(37)41)18-7-10-21(11-8-18)42-15-20(39)14-38/h2-13,16,20,24,26,38-39H,14-15H2,1H3,(H,34,36)(H,35,41)/t16-,20+,24-,26+/m1/s1. The second kappa shape index (κ2) is 13.0. The number of benzene rings is 3. The third kappa shape index (κ3) is 6.28. The van der Waals surface area contributed by atoms with E-state index in [1.165, 1.54) is 4.90 Å². The lowest BCUT2D eigenvalue weighted by Crippen LogP contribution is -2.38. The predicted octanol–water partition coefficient (Wildman–Crippen LogP) is 5.86. The molecule has 0 bridgehead atoms. The van der Waals surface area contributed by atoms with E-state index in [1.807, 2.05) is 55.5 Å². The second-order valence-electron chi connectivity index (χ2n) is 9.86. The van der Waals surface area contributed by atoms with E-state index in [1.54, 1.807) is 24.3 Å². The zero-order chi connectivity index (χ0) is 30.0. The number of aromatic amines is 1. The number of nitrogens with one attached hydrogen (secondary N) is 2. The van der Waals surface area contributed by atoms with E-state index < -0.39 is 36.7 Å². The van der Waals surface area contributed by atoms with Gasteiger partial charge in [0.1, 0.15) is 36.4 Å². The van der Waals surface area contributed by atoms with Crippen molar-refractivity contribution in [3.63, 3.8) is 0 Å². The van der Waals surface area contributed by atoms with Crippen LogP contribution < -0.4 is 10.1 Å². The van der Waals surface area contributed by atoms with Gasteiger partial charge in [-0.05, 0) is 58.0 Å². The SMILES string of the molecule is C[C@H](c1ccccc1)[C@@H](c1nc(Cl)c(-c2ccc(I)cc2Cl)[nH]1)N1C(=O)N[C@H](c2ccc(OC[C@@H](O)CO)cc2)C1=O. The number of amides is 3. The van der Waals surface area contributed by atoms with Gasteiger partial charge >= 0.3 is 6.03 Å². The fourth-order valence-corrected chi connectivity index (χ4v) is 6.08. The van der Waals surface area contributed by atoms with Crippen molar-refractivity contribution < 1.29 is 24.5 Å². The monoisotopic (exact) mass is 720 g/mol. The molecular weight excluding hydrogens is 694 g/mol.